The molecule has 5 nitrogen and oxygen atoms in total. The second-order valence-electron chi connectivity index (χ2n) is 6.12. The van der Waals surface area contributed by atoms with Crippen molar-refractivity contribution < 1.29 is 14.3 Å². The number of amides is 1. The van der Waals surface area contributed by atoms with E-state index in [-0.39, 0.29) is 11.6 Å². The normalized spacial score (nSPS) is 10.4. The first kappa shape index (κ1) is 17.4. The summed E-state index contributed by atoms with van der Waals surface area (Å²) in [5.74, 6) is -0.366. The number of para-hydroxylation sites is 1. The first-order valence-corrected chi connectivity index (χ1v) is 8.73. The third-order valence-corrected chi connectivity index (χ3v) is 4.17. The fourth-order valence-corrected chi connectivity index (χ4v) is 2.74. The summed E-state index contributed by atoms with van der Waals surface area (Å²) < 4.78 is 5.38. The molecule has 0 radical (unpaired) electrons. The average Bonchev–Trinajstić information content (AvgIpc) is 2.75. The highest BCUT2D eigenvalue weighted by molar-refractivity contribution is 6.04. The van der Waals surface area contributed by atoms with Gasteiger partial charge in [-0.2, -0.15) is 0 Å². The van der Waals surface area contributed by atoms with E-state index in [1.165, 1.54) is 0 Å². The van der Waals surface area contributed by atoms with Crippen molar-refractivity contribution in [3.05, 3.63) is 102 Å². The van der Waals surface area contributed by atoms with Crippen LogP contribution in [0.2, 0.25) is 0 Å². The second-order valence-corrected chi connectivity index (χ2v) is 6.12. The Hall–Kier alpha value is -3.99. The topological polar surface area (TPSA) is 68.3 Å². The lowest BCUT2D eigenvalue weighted by Gasteiger charge is -2.07. The van der Waals surface area contributed by atoms with Crippen LogP contribution in [0.1, 0.15) is 20.8 Å². The first-order valence-electron chi connectivity index (χ1n) is 8.73. The fraction of sp³-hybridized carbons (Fsp3) is 0. The van der Waals surface area contributed by atoms with E-state index in [0.29, 0.717) is 17.0 Å². The molecule has 4 rings (SSSR count). The number of esters is 1. The summed E-state index contributed by atoms with van der Waals surface area (Å²) in [6.07, 6.45) is 0. The molecule has 0 bridgehead atoms. The van der Waals surface area contributed by atoms with E-state index in [4.69, 9.17) is 4.74 Å². The molecule has 0 aliphatic rings. The third kappa shape index (κ3) is 3.88. The maximum Gasteiger partial charge on any atom is 0.362 e. The Kier molecular flexibility index (Phi) is 4.80. The number of ether oxygens (including phenoxy) is 1. The molecule has 0 atom stereocenters. The van der Waals surface area contributed by atoms with Crippen LogP contribution in [0.25, 0.3) is 10.9 Å². The molecule has 136 valence electrons. The Morgan fingerprint density at radius 3 is 2.25 bits per heavy atom. The fourth-order valence-electron chi connectivity index (χ4n) is 2.74. The van der Waals surface area contributed by atoms with Crippen LogP contribution in [-0.4, -0.2) is 16.9 Å². The number of aromatic nitrogens is 1. The highest BCUT2D eigenvalue weighted by Crippen LogP contribution is 2.18. The largest absolute Gasteiger partial charge is 0.422 e. The van der Waals surface area contributed by atoms with Gasteiger partial charge >= 0.3 is 5.97 Å². The monoisotopic (exact) mass is 368 g/mol. The van der Waals surface area contributed by atoms with Crippen LogP contribution in [-0.2, 0) is 0 Å². The summed E-state index contributed by atoms with van der Waals surface area (Å²) in [5, 5.41) is 3.75. The van der Waals surface area contributed by atoms with Gasteiger partial charge in [-0.3, -0.25) is 4.79 Å². The third-order valence-electron chi connectivity index (χ3n) is 4.17. The molecule has 5 heteroatoms. The first-order chi connectivity index (χ1) is 13.7. The van der Waals surface area contributed by atoms with E-state index in [2.05, 4.69) is 10.3 Å². The van der Waals surface area contributed by atoms with Gasteiger partial charge in [-0.15, -0.1) is 0 Å². The quantitative estimate of drug-likeness (QED) is 0.418. The summed E-state index contributed by atoms with van der Waals surface area (Å²) in [5.41, 5.74) is 2.15. The van der Waals surface area contributed by atoms with Gasteiger partial charge in [0.1, 0.15) is 11.4 Å². The van der Waals surface area contributed by atoms with E-state index >= 15 is 0 Å². The number of fused-ring (bicyclic) bond motifs is 1. The molecule has 3 aromatic carbocycles. The second kappa shape index (κ2) is 7.72. The minimum atomic E-state index is -0.535. The molecule has 0 aliphatic heterocycles. The maximum atomic E-state index is 12.4. The molecule has 0 unspecified atom stereocenters. The molecule has 28 heavy (non-hydrogen) atoms. The standard InChI is InChI=1S/C23H16N2O3/c26-22(17-7-2-1-3-8-17)24-18-11-13-19(14-12-18)28-23(27)21-15-10-16-6-4-5-9-20(16)25-21/h1-15H,(H,24,26). The van der Waals surface area contributed by atoms with Gasteiger partial charge in [0.2, 0.25) is 0 Å². The minimum absolute atomic E-state index is 0.203. The van der Waals surface area contributed by atoms with Gasteiger partial charge in [0.15, 0.2) is 0 Å². The Bertz CT molecular complexity index is 1140. The van der Waals surface area contributed by atoms with Crippen molar-refractivity contribution in [3.63, 3.8) is 0 Å². The lowest BCUT2D eigenvalue weighted by atomic mass is 10.2. The van der Waals surface area contributed by atoms with Crippen LogP contribution in [0.3, 0.4) is 0 Å². The highest BCUT2D eigenvalue weighted by atomic mass is 16.5. The number of nitrogens with one attached hydrogen (secondary N) is 1. The predicted molar refractivity (Wildman–Crippen MR) is 108 cm³/mol. The van der Waals surface area contributed by atoms with Crippen molar-refractivity contribution in [2.45, 2.75) is 0 Å². The lowest BCUT2D eigenvalue weighted by molar-refractivity contribution is 0.0728. The summed E-state index contributed by atoms with van der Waals surface area (Å²) >= 11 is 0. The molecule has 4 aromatic rings. The smallest absolute Gasteiger partial charge is 0.362 e. The molecular weight excluding hydrogens is 352 g/mol. The average molecular weight is 368 g/mol. The molecule has 1 aromatic heterocycles. The number of hydrogen-bond acceptors (Lipinski definition) is 4. The zero-order chi connectivity index (χ0) is 19.3. The molecule has 0 aliphatic carbocycles. The zero-order valence-electron chi connectivity index (χ0n) is 14.8. The Morgan fingerprint density at radius 2 is 1.46 bits per heavy atom. The number of pyridine rings is 1. The Morgan fingerprint density at radius 1 is 0.750 bits per heavy atom. The Labute approximate surface area is 161 Å². The highest BCUT2D eigenvalue weighted by Gasteiger charge is 2.11. The van der Waals surface area contributed by atoms with Gasteiger partial charge in [0.25, 0.3) is 5.91 Å². The van der Waals surface area contributed by atoms with E-state index in [1.807, 2.05) is 36.4 Å². The molecule has 1 heterocycles. The summed E-state index contributed by atoms with van der Waals surface area (Å²) in [4.78, 5) is 28.8. The molecule has 0 spiro atoms. The zero-order valence-corrected chi connectivity index (χ0v) is 14.8. The summed E-state index contributed by atoms with van der Waals surface area (Å²) in [6.45, 7) is 0. The number of carbonyl (C=O) groups is 2. The van der Waals surface area contributed by atoms with Crippen LogP contribution < -0.4 is 10.1 Å². The van der Waals surface area contributed by atoms with E-state index in [0.717, 1.165) is 10.9 Å². The molecular formula is C23H16N2O3. The number of benzene rings is 3. The van der Waals surface area contributed by atoms with Gasteiger partial charge in [0, 0.05) is 16.6 Å². The van der Waals surface area contributed by atoms with Crippen molar-refractivity contribution in [1.82, 2.24) is 4.98 Å². The van der Waals surface area contributed by atoms with Gasteiger partial charge in [0.05, 0.1) is 5.52 Å². The Balaban J connectivity index is 1.43. The molecule has 0 saturated heterocycles. The predicted octanol–water partition coefficient (Wildman–Crippen LogP) is 4.71. The molecule has 1 amide bonds. The molecule has 0 saturated carbocycles. The van der Waals surface area contributed by atoms with Crippen LogP contribution in [0, 0.1) is 0 Å². The number of carbonyl (C=O) groups excluding carboxylic acids is 2. The van der Waals surface area contributed by atoms with Gasteiger partial charge in [-0.1, -0.05) is 42.5 Å². The van der Waals surface area contributed by atoms with Crippen molar-refractivity contribution in [3.8, 4) is 5.75 Å². The van der Waals surface area contributed by atoms with Gasteiger partial charge in [-0.25, -0.2) is 9.78 Å². The summed E-state index contributed by atoms with van der Waals surface area (Å²) in [7, 11) is 0. The summed E-state index contributed by atoms with van der Waals surface area (Å²) in [6, 6.07) is 26.6. The van der Waals surface area contributed by atoms with Crippen molar-refractivity contribution in [2.24, 2.45) is 0 Å². The van der Waals surface area contributed by atoms with Crippen LogP contribution >= 0.6 is 0 Å². The number of hydrogen-bond donors (Lipinski definition) is 1. The lowest BCUT2D eigenvalue weighted by Crippen LogP contribution is -2.12. The van der Waals surface area contributed by atoms with Gasteiger partial charge < -0.3 is 10.1 Å². The van der Waals surface area contributed by atoms with Crippen LogP contribution in [0.15, 0.2) is 91.0 Å². The minimum Gasteiger partial charge on any atom is -0.422 e. The SMILES string of the molecule is O=C(Nc1ccc(OC(=O)c2ccc3ccccc3n2)cc1)c1ccccc1. The van der Waals surface area contributed by atoms with Crippen molar-refractivity contribution in [2.75, 3.05) is 5.32 Å². The van der Waals surface area contributed by atoms with Crippen LogP contribution in [0.5, 0.6) is 5.75 Å². The number of rotatable bonds is 4. The number of anilines is 1. The van der Waals surface area contributed by atoms with Crippen LogP contribution in [0.4, 0.5) is 5.69 Å². The maximum absolute atomic E-state index is 12.4. The van der Waals surface area contributed by atoms with Crippen molar-refractivity contribution in [1.29, 1.82) is 0 Å². The number of nitrogens with zero attached hydrogens (tertiary/aromatic N) is 1. The van der Waals surface area contributed by atoms with Gasteiger partial charge in [-0.05, 0) is 48.5 Å². The molecule has 0 fully saturated rings. The van der Waals surface area contributed by atoms with Crippen molar-refractivity contribution >= 4 is 28.5 Å². The van der Waals surface area contributed by atoms with E-state index < -0.39 is 5.97 Å². The van der Waals surface area contributed by atoms with E-state index in [1.54, 1.807) is 54.6 Å². The van der Waals surface area contributed by atoms with E-state index in [9.17, 15) is 9.59 Å². The molecule has 1 N–H and O–H groups in total.